The summed E-state index contributed by atoms with van der Waals surface area (Å²) < 4.78 is 9.81. The normalized spacial score (nSPS) is 10.8. The number of halogens is 3. The standard InChI is InChI=1S/C14H15Br2ClN2O/c1-3-19-12(13(16)9(2)18-19)8-20-14-10(7-17)5-4-6-11(14)15/h4-6H,3,7-8H2,1-2H3. The van der Waals surface area contributed by atoms with E-state index < -0.39 is 0 Å². The van der Waals surface area contributed by atoms with Crippen molar-refractivity contribution in [2.75, 3.05) is 0 Å². The van der Waals surface area contributed by atoms with Crippen LogP contribution in [0.15, 0.2) is 27.1 Å². The molecule has 1 aromatic carbocycles. The lowest BCUT2D eigenvalue weighted by molar-refractivity contribution is 0.287. The third-order valence-electron chi connectivity index (χ3n) is 3.00. The summed E-state index contributed by atoms with van der Waals surface area (Å²) in [6, 6.07) is 5.86. The first-order valence-electron chi connectivity index (χ1n) is 6.26. The smallest absolute Gasteiger partial charge is 0.138 e. The van der Waals surface area contributed by atoms with Crippen LogP contribution in [-0.4, -0.2) is 9.78 Å². The lowest BCUT2D eigenvalue weighted by Gasteiger charge is -2.13. The first-order chi connectivity index (χ1) is 9.58. The Morgan fingerprint density at radius 3 is 2.75 bits per heavy atom. The molecule has 1 aromatic heterocycles. The second-order valence-electron chi connectivity index (χ2n) is 4.31. The summed E-state index contributed by atoms with van der Waals surface area (Å²) in [6.07, 6.45) is 0. The molecule has 0 saturated heterocycles. The van der Waals surface area contributed by atoms with Gasteiger partial charge in [0.05, 0.1) is 26.2 Å². The summed E-state index contributed by atoms with van der Waals surface area (Å²) in [6.45, 7) is 5.29. The van der Waals surface area contributed by atoms with Crippen molar-refractivity contribution in [2.45, 2.75) is 32.9 Å². The van der Waals surface area contributed by atoms with Crippen LogP contribution in [0, 0.1) is 6.92 Å². The maximum atomic E-state index is 5.96. The van der Waals surface area contributed by atoms with Gasteiger partial charge in [-0.05, 0) is 51.8 Å². The molecule has 6 heteroatoms. The van der Waals surface area contributed by atoms with Gasteiger partial charge in [-0.3, -0.25) is 4.68 Å². The zero-order valence-corrected chi connectivity index (χ0v) is 15.2. The zero-order chi connectivity index (χ0) is 14.7. The fraction of sp³-hybridized carbons (Fsp3) is 0.357. The average molecular weight is 423 g/mol. The van der Waals surface area contributed by atoms with Crippen LogP contribution in [-0.2, 0) is 19.0 Å². The molecular formula is C14H15Br2ClN2O. The van der Waals surface area contributed by atoms with Crippen LogP contribution in [0.25, 0.3) is 0 Å². The number of hydrogen-bond donors (Lipinski definition) is 0. The molecule has 108 valence electrons. The third-order valence-corrected chi connectivity index (χ3v) is 4.94. The fourth-order valence-corrected chi connectivity index (χ4v) is 3.10. The molecule has 2 aromatic rings. The Bertz CT molecular complexity index is 613. The van der Waals surface area contributed by atoms with Gasteiger partial charge in [0, 0.05) is 12.1 Å². The van der Waals surface area contributed by atoms with Crippen LogP contribution in [0.2, 0.25) is 0 Å². The van der Waals surface area contributed by atoms with E-state index in [-0.39, 0.29) is 0 Å². The largest absolute Gasteiger partial charge is 0.486 e. The number of alkyl halides is 1. The van der Waals surface area contributed by atoms with Gasteiger partial charge in [-0.1, -0.05) is 12.1 Å². The Morgan fingerprint density at radius 2 is 2.10 bits per heavy atom. The lowest BCUT2D eigenvalue weighted by atomic mass is 10.2. The minimum absolute atomic E-state index is 0.419. The summed E-state index contributed by atoms with van der Waals surface area (Å²) >= 11 is 13.0. The van der Waals surface area contributed by atoms with E-state index in [4.69, 9.17) is 16.3 Å². The molecule has 2 rings (SSSR count). The van der Waals surface area contributed by atoms with Gasteiger partial charge in [0.1, 0.15) is 12.4 Å². The van der Waals surface area contributed by atoms with E-state index in [1.807, 2.05) is 29.8 Å². The van der Waals surface area contributed by atoms with Gasteiger partial charge in [-0.15, -0.1) is 11.6 Å². The van der Waals surface area contributed by atoms with Gasteiger partial charge in [0.25, 0.3) is 0 Å². The van der Waals surface area contributed by atoms with Crippen molar-refractivity contribution < 1.29 is 4.74 Å². The van der Waals surface area contributed by atoms with Gasteiger partial charge in [0.2, 0.25) is 0 Å². The Labute approximate surface area is 140 Å². The van der Waals surface area contributed by atoms with Crippen LogP contribution in [0.1, 0.15) is 23.9 Å². The van der Waals surface area contributed by atoms with E-state index in [9.17, 15) is 0 Å². The predicted molar refractivity (Wildman–Crippen MR) is 88.4 cm³/mol. The number of para-hydroxylation sites is 1. The van der Waals surface area contributed by atoms with Crippen molar-refractivity contribution in [3.05, 3.63) is 44.1 Å². The Kier molecular flexibility index (Phi) is 5.52. The van der Waals surface area contributed by atoms with Crippen molar-refractivity contribution in [3.63, 3.8) is 0 Å². The van der Waals surface area contributed by atoms with E-state index in [1.165, 1.54) is 0 Å². The lowest BCUT2D eigenvalue weighted by Crippen LogP contribution is -2.07. The molecule has 0 aliphatic rings. The number of aryl methyl sites for hydroxylation is 2. The first-order valence-corrected chi connectivity index (χ1v) is 8.38. The Morgan fingerprint density at radius 1 is 1.35 bits per heavy atom. The van der Waals surface area contributed by atoms with Crippen LogP contribution in [0.4, 0.5) is 0 Å². The van der Waals surface area contributed by atoms with E-state index in [0.29, 0.717) is 12.5 Å². The van der Waals surface area contributed by atoms with Gasteiger partial charge >= 0.3 is 0 Å². The minimum atomic E-state index is 0.419. The number of aromatic nitrogens is 2. The second-order valence-corrected chi connectivity index (χ2v) is 6.23. The highest BCUT2D eigenvalue weighted by molar-refractivity contribution is 9.10. The molecule has 0 amide bonds. The molecule has 0 N–H and O–H groups in total. The molecule has 0 saturated carbocycles. The molecule has 0 aliphatic heterocycles. The quantitative estimate of drug-likeness (QED) is 0.630. The Hall–Kier alpha value is -0.520. The van der Waals surface area contributed by atoms with Crippen LogP contribution in [0.3, 0.4) is 0 Å². The summed E-state index contributed by atoms with van der Waals surface area (Å²) in [5.74, 6) is 1.21. The highest BCUT2D eigenvalue weighted by Gasteiger charge is 2.14. The molecule has 0 atom stereocenters. The van der Waals surface area contributed by atoms with Crippen molar-refractivity contribution in [3.8, 4) is 5.75 Å². The number of benzene rings is 1. The van der Waals surface area contributed by atoms with Crippen LogP contribution < -0.4 is 4.74 Å². The summed E-state index contributed by atoms with van der Waals surface area (Å²) in [7, 11) is 0. The molecule has 0 spiro atoms. The molecular weight excluding hydrogens is 407 g/mol. The SMILES string of the molecule is CCn1nc(C)c(Br)c1COc1c(Br)cccc1CCl. The highest BCUT2D eigenvalue weighted by Crippen LogP contribution is 2.32. The second kappa shape index (κ2) is 6.96. The first kappa shape index (κ1) is 15.9. The minimum Gasteiger partial charge on any atom is -0.486 e. The molecule has 1 heterocycles. The Balaban J connectivity index is 2.25. The summed E-state index contributed by atoms with van der Waals surface area (Å²) in [5.41, 5.74) is 2.97. The van der Waals surface area contributed by atoms with Gasteiger partial charge in [-0.2, -0.15) is 5.10 Å². The fourth-order valence-electron chi connectivity index (χ4n) is 1.97. The van der Waals surface area contributed by atoms with Crippen molar-refractivity contribution >= 4 is 43.5 Å². The molecule has 0 aliphatic carbocycles. The maximum Gasteiger partial charge on any atom is 0.138 e. The number of nitrogens with zero attached hydrogens (tertiary/aromatic N) is 2. The van der Waals surface area contributed by atoms with Crippen LogP contribution >= 0.6 is 43.5 Å². The predicted octanol–water partition coefficient (Wildman–Crippen LogP) is 5.05. The van der Waals surface area contributed by atoms with Crippen molar-refractivity contribution in [1.29, 1.82) is 0 Å². The molecule has 0 radical (unpaired) electrons. The molecule has 0 bridgehead atoms. The van der Waals surface area contributed by atoms with E-state index in [2.05, 4.69) is 43.9 Å². The van der Waals surface area contributed by atoms with Gasteiger partial charge in [-0.25, -0.2) is 0 Å². The monoisotopic (exact) mass is 420 g/mol. The highest BCUT2D eigenvalue weighted by atomic mass is 79.9. The van der Waals surface area contributed by atoms with E-state index in [0.717, 1.165) is 38.2 Å². The number of hydrogen-bond acceptors (Lipinski definition) is 2. The van der Waals surface area contributed by atoms with E-state index in [1.54, 1.807) is 0 Å². The van der Waals surface area contributed by atoms with Gasteiger partial charge in [0.15, 0.2) is 0 Å². The van der Waals surface area contributed by atoms with Crippen molar-refractivity contribution in [1.82, 2.24) is 9.78 Å². The zero-order valence-electron chi connectivity index (χ0n) is 11.3. The number of rotatable bonds is 5. The number of ether oxygens (including phenoxy) is 1. The van der Waals surface area contributed by atoms with E-state index >= 15 is 0 Å². The maximum absolute atomic E-state index is 5.96. The molecule has 3 nitrogen and oxygen atoms in total. The molecule has 0 unspecified atom stereocenters. The topological polar surface area (TPSA) is 27.1 Å². The summed E-state index contributed by atoms with van der Waals surface area (Å²) in [4.78, 5) is 0. The van der Waals surface area contributed by atoms with Crippen LogP contribution in [0.5, 0.6) is 5.75 Å². The molecule has 20 heavy (non-hydrogen) atoms. The average Bonchev–Trinajstić information content (AvgIpc) is 2.72. The van der Waals surface area contributed by atoms with Crippen molar-refractivity contribution in [2.24, 2.45) is 0 Å². The third kappa shape index (κ3) is 3.21. The van der Waals surface area contributed by atoms with Gasteiger partial charge < -0.3 is 4.74 Å². The summed E-state index contributed by atoms with van der Waals surface area (Å²) in [5, 5.41) is 4.46. The molecule has 0 fully saturated rings.